The van der Waals surface area contributed by atoms with Gasteiger partial charge in [-0.2, -0.15) is 5.26 Å². The van der Waals surface area contributed by atoms with Crippen LogP contribution in [0.2, 0.25) is 5.02 Å². The fourth-order valence-corrected chi connectivity index (χ4v) is 4.88. The van der Waals surface area contributed by atoms with Crippen LogP contribution in [0.4, 0.5) is 5.00 Å². The number of aryl methyl sites for hydroxylation is 1. The summed E-state index contributed by atoms with van der Waals surface area (Å²) in [5.74, 6) is 1.26. The number of methoxy groups -OCH3 is 1. The van der Waals surface area contributed by atoms with Gasteiger partial charge >= 0.3 is 0 Å². The number of hydrogen-bond acceptors (Lipinski definition) is 5. The first kappa shape index (κ1) is 20.5. The molecule has 152 valence electrons. The highest BCUT2D eigenvalue weighted by Gasteiger charge is 2.20. The number of fused-ring (bicyclic) bond motifs is 1. The fourth-order valence-electron chi connectivity index (χ4n) is 3.57. The number of benzene rings is 2. The summed E-state index contributed by atoms with van der Waals surface area (Å²) in [6.45, 7) is 0.384. The van der Waals surface area contributed by atoms with Crippen molar-refractivity contribution in [3.8, 4) is 17.6 Å². The molecule has 0 N–H and O–H groups in total. The zero-order chi connectivity index (χ0) is 20.9. The molecule has 0 fully saturated rings. The molecule has 0 saturated heterocycles. The van der Waals surface area contributed by atoms with Crippen LogP contribution in [0.1, 0.15) is 40.0 Å². The normalized spacial score (nSPS) is 13.1. The number of halogens is 1. The Bertz CT molecular complexity index is 1110. The molecule has 0 saturated carbocycles. The van der Waals surface area contributed by atoms with Crippen LogP contribution in [0.3, 0.4) is 0 Å². The lowest BCUT2D eigenvalue weighted by Gasteiger charge is -2.13. The van der Waals surface area contributed by atoms with Crippen LogP contribution in [0.25, 0.3) is 0 Å². The van der Waals surface area contributed by atoms with Crippen molar-refractivity contribution in [2.45, 2.75) is 32.3 Å². The molecule has 1 aliphatic carbocycles. The number of rotatable bonds is 6. The van der Waals surface area contributed by atoms with Gasteiger partial charge in [0.2, 0.25) is 0 Å². The highest BCUT2D eigenvalue weighted by Crippen LogP contribution is 2.39. The van der Waals surface area contributed by atoms with E-state index >= 15 is 0 Å². The van der Waals surface area contributed by atoms with E-state index in [1.54, 1.807) is 24.7 Å². The molecule has 2 aromatic carbocycles. The average Bonchev–Trinajstić information content (AvgIpc) is 3.14. The summed E-state index contributed by atoms with van der Waals surface area (Å²) >= 11 is 7.59. The smallest absolute Gasteiger partial charge is 0.170 e. The van der Waals surface area contributed by atoms with E-state index in [9.17, 15) is 5.26 Å². The molecule has 0 unspecified atom stereocenters. The van der Waals surface area contributed by atoms with E-state index in [1.165, 1.54) is 16.9 Å². The predicted molar refractivity (Wildman–Crippen MR) is 122 cm³/mol. The molecule has 4 nitrogen and oxygen atoms in total. The van der Waals surface area contributed by atoms with Crippen LogP contribution in [-0.2, 0) is 19.4 Å². The molecular formula is C24H21ClN2O2S. The first-order chi connectivity index (χ1) is 14.7. The topological polar surface area (TPSA) is 54.6 Å². The minimum atomic E-state index is 0.384. The van der Waals surface area contributed by atoms with Crippen LogP contribution in [0, 0.1) is 11.3 Å². The van der Waals surface area contributed by atoms with Gasteiger partial charge in [-0.1, -0.05) is 29.8 Å². The minimum Gasteiger partial charge on any atom is -0.493 e. The van der Waals surface area contributed by atoms with Crippen molar-refractivity contribution < 1.29 is 9.47 Å². The van der Waals surface area contributed by atoms with Gasteiger partial charge in [0.1, 0.15) is 17.7 Å². The standard InChI is InChI=1S/C24H21ClN2O2S/c1-28-21-7-4-5-17(23(21)29-15-16-9-11-18(25)12-10-16)14-27-24-20(13-26)19-6-2-3-8-22(19)30-24/h4-5,7,9-12,14H,2-3,6,8,15H2,1H3. The molecule has 0 amide bonds. The largest absolute Gasteiger partial charge is 0.493 e. The second-order valence-corrected chi connectivity index (χ2v) is 8.57. The van der Waals surface area contributed by atoms with Crippen molar-refractivity contribution in [3.05, 3.63) is 74.6 Å². The molecule has 0 atom stereocenters. The average molecular weight is 437 g/mol. The van der Waals surface area contributed by atoms with Crippen LogP contribution >= 0.6 is 22.9 Å². The third kappa shape index (κ3) is 4.35. The third-order valence-electron chi connectivity index (χ3n) is 5.11. The van der Waals surface area contributed by atoms with E-state index < -0.39 is 0 Å². The molecule has 3 aromatic rings. The quantitative estimate of drug-likeness (QED) is 0.415. The SMILES string of the molecule is COc1cccc(C=Nc2sc3c(c2C#N)CCCC3)c1OCc1ccc(Cl)cc1. The van der Waals surface area contributed by atoms with Gasteiger partial charge in [-0.25, -0.2) is 4.99 Å². The lowest BCUT2D eigenvalue weighted by Crippen LogP contribution is -2.01. The molecule has 0 bridgehead atoms. The number of ether oxygens (including phenoxy) is 2. The van der Waals surface area contributed by atoms with Crippen molar-refractivity contribution in [1.29, 1.82) is 5.26 Å². The van der Waals surface area contributed by atoms with E-state index in [4.69, 9.17) is 21.1 Å². The summed E-state index contributed by atoms with van der Waals surface area (Å²) in [7, 11) is 1.62. The molecule has 0 spiro atoms. The van der Waals surface area contributed by atoms with E-state index in [-0.39, 0.29) is 0 Å². The maximum absolute atomic E-state index is 9.66. The Morgan fingerprint density at radius 3 is 2.73 bits per heavy atom. The van der Waals surface area contributed by atoms with Gasteiger partial charge in [0.25, 0.3) is 0 Å². The number of thiophene rings is 1. The summed E-state index contributed by atoms with van der Waals surface area (Å²) in [6.07, 6.45) is 6.09. The number of aliphatic imine (C=N–C) groups is 1. The summed E-state index contributed by atoms with van der Waals surface area (Å²) in [5, 5.41) is 11.1. The molecule has 6 heteroatoms. The Kier molecular flexibility index (Phi) is 6.37. The number of nitrogens with zero attached hydrogens (tertiary/aromatic N) is 2. The van der Waals surface area contributed by atoms with Crippen molar-refractivity contribution in [3.63, 3.8) is 0 Å². The van der Waals surface area contributed by atoms with Crippen molar-refractivity contribution in [2.24, 2.45) is 4.99 Å². The zero-order valence-electron chi connectivity index (χ0n) is 16.7. The Labute approximate surface area is 185 Å². The van der Waals surface area contributed by atoms with E-state index in [1.807, 2.05) is 42.5 Å². The zero-order valence-corrected chi connectivity index (χ0v) is 18.2. The lowest BCUT2D eigenvalue weighted by atomic mass is 9.96. The van der Waals surface area contributed by atoms with E-state index in [0.29, 0.717) is 23.1 Å². The Morgan fingerprint density at radius 1 is 1.17 bits per heavy atom. The Balaban J connectivity index is 1.62. The summed E-state index contributed by atoms with van der Waals surface area (Å²) < 4.78 is 11.6. The second kappa shape index (κ2) is 9.34. The van der Waals surface area contributed by atoms with E-state index in [2.05, 4.69) is 11.1 Å². The first-order valence-electron chi connectivity index (χ1n) is 9.82. The summed E-state index contributed by atoms with van der Waals surface area (Å²) in [4.78, 5) is 5.97. The summed E-state index contributed by atoms with van der Waals surface area (Å²) in [6, 6.07) is 15.6. The molecule has 4 rings (SSSR count). The first-order valence-corrected chi connectivity index (χ1v) is 11.0. The molecule has 1 aliphatic rings. The van der Waals surface area contributed by atoms with Gasteiger partial charge in [0.05, 0.1) is 12.7 Å². The highest BCUT2D eigenvalue weighted by molar-refractivity contribution is 7.16. The maximum atomic E-state index is 9.66. The van der Waals surface area contributed by atoms with Crippen LogP contribution < -0.4 is 9.47 Å². The van der Waals surface area contributed by atoms with Crippen molar-refractivity contribution in [2.75, 3.05) is 7.11 Å². The van der Waals surface area contributed by atoms with Gasteiger partial charge in [-0.15, -0.1) is 11.3 Å². The molecule has 1 aromatic heterocycles. The molecule has 0 aliphatic heterocycles. The number of nitriles is 1. The van der Waals surface area contributed by atoms with Crippen LogP contribution in [0.5, 0.6) is 11.5 Å². The molecule has 0 radical (unpaired) electrons. The fraction of sp³-hybridized carbons (Fsp3) is 0.250. The van der Waals surface area contributed by atoms with Crippen molar-refractivity contribution >= 4 is 34.2 Å². The number of para-hydroxylation sites is 1. The Hall–Kier alpha value is -2.81. The molecular weight excluding hydrogens is 416 g/mol. The van der Waals surface area contributed by atoms with Gasteiger partial charge < -0.3 is 9.47 Å². The number of hydrogen-bond donors (Lipinski definition) is 0. The predicted octanol–water partition coefficient (Wildman–Crippen LogP) is 6.49. The summed E-state index contributed by atoms with van der Waals surface area (Å²) in [5.41, 5.74) is 3.72. The molecule has 1 heterocycles. The van der Waals surface area contributed by atoms with Gasteiger partial charge in [-0.05, 0) is 61.1 Å². The minimum absolute atomic E-state index is 0.384. The monoisotopic (exact) mass is 436 g/mol. The van der Waals surface area contributed by atoms with Crippen LogP contribution in [-0.4, -0.2) is 13.3 Å². The Morgan fingerprint density at radius 2 is 1.97 bits per heavy atom. The van der Waals surface area contributed by atoms with Gasteiger partial charge in [-0.3, -0.25) is 0 Å². The van der Waals surface area contributed by atoms with E-state index in [0.717, 1.165) is 41.0 Å². The lowest BCUT2D eigenvalue weighted by molar-refractivity contribution is 0.284. The second-order valence-electron chi connectivity index (χ2n) is 7.05. The van der Waals surface area contributed by atoms with Crippen molar-refractivity contribution in [1.82, 2.24) is 0 Å². The highest BCUT2D eigenvalue weighted by atomic mass is 35.5. The maximum Gasteiger partial charge on any atom is 0.170 e. The third-order valence-corrected chi connectivity index (χ3v) is 6.56. The molecule has 30 heavy (non-hydrogen) atoms. The van der Waals surface area contributed by atoms with Crippen LogP contribution in [0.15, 0.2) is 47.5 Å². The van der Waals surface area contributed by atoms with Gasteiger partial charge in [0, 0.05) is 21.7 Å². The van der Waals surface area contributed by atoms with Gasteiger partial charge in [0.15, 0.2) is 11.5 Å².